The summed E-state index contributed by atoms with van der Waals surface area (Å²) in [5.41, 5.74) is 3.44. The van der Waals surface area contributed by atoms with Crippen molar-refractivity contribution in [2.75, 3.05) is 5.32 Å². The molecule has 1 amide bonds. The van der Waals surface area contributed by atoms with Gasteiger partial charge in [0.1, 0.15) is 0 Å². The first-order valence-corrected chi connectivity index (χ1v) is 8.51. The molecule has 0 saturated heterocycles. The van der Waals surface area contributed by atoms with Crippen LogP contribution in [-0.2, 0) is 11.2 Å². The molecular weight excluding hydrogens is 298 g/mol. The van der Waals surface area contributed by atoms with Crippen molar-refractivity contribution in [3.8, 4) is 0 Å². The molecule has 0 bridgehead atoms. The summed E-state index contributed by atoms with van der Waals surface area (Å²) in [7, 11) is -2.86. The second kappa shape index (κ2) is 5.61. The summed E-state index contributed by atoms with van der Waals surface area (Å²) in [5.74, 6) is -0.133. The van der Waals surface area contributed by atoms with Crippen LogP contribution in [0.4, 0.5) is 5.69 Å². The maximum Gasteiger partial charge on any atom is 0.228 e. The zero-order valence-corrected chi connectivity index (χ0v) is 12.9. The normalized spacial score (nSPS) is 16.1. The minimum atomic E-state index is -2.86. The Hall–Kier alpha value is -2.08. The summed E-state index contributed by atoms with van der Waals surface area (Å²) < 4.78 is 19.8. The Kier molecular flexibility index (Phi) is 3.78. The lowest BCUT2D eigenvalue weighted by atomic mass is 10.1. The zero-order valence-electron chi connectivity index (χ0n) is 12.1. The van der Waals surface area contributed by atoms with Crippen LogP contribution in [-0.4, -0.2) is 15.0 Å². The first-order chi connectivity index (χ1) is 10.4. The van der Waals surface area contributed by atoms with Gasteiger partial charge in [-0.3, -0.25) is 13.9 Å². The van der Waals surface area contributed by atoms with Crippen LogP contribution in [0.15, 0.2) is 52.8 Å². The number of anilines is 1. The molecule has 3 rings (SSSR count). The molecule has 5 heteroatoms. The van der Waals surface area contributed by atoms with Crippen LogP contribution in [0.5, 0.6) is 0 Å². The van der Waals surface area contributed by atoms with Crippen LogP contribution < -0.4 is 5.32 Å². The van der Waals surface area contributed by atoms with E-state index in [9.17, 15) is 13.9 Å². The molecule has 0 fully saturated rings. The highest BCUT2D eigenvalue weighted by Crippen LogP contribution is 2.56. The van der Waals surface area contributed by atoms with Gasteiger partial charge in [0.05, 0.1) is 11.3 Å². The van der Waals surface area contributed by atoms with Gasteiger partial charge >= 0.3 is 0 Å². The first-order valence-electron chi connectivity index (χ1n) is 6.90. The Bertz CT molecular complexity index is 751. The third-order valence-corrected chi connectivity index (χ3v) is 5.06. The number of nitrogens with one attached hydrogen (secondary N) is 1. The number of aryl methyl sites for hydroxylation is 1. The topological polar surface area (TPSA) is 69.6 Å². The number of benzene rings is 2. The molecule has 0 saturated carbocycles. The van der Waals surface area contributed by atoms with E-state index in [1.807, 2.05) is 31.2 Å². The maximum absolute atomic E-state index is 12.1. The van der Waals surface area contributed by atoms with Gasteiger partial charge in [-0.1, -0.05) is 35.9 Å². The van der Waals surface area contributed by atoms with Gasteiger partial charge in [-0.05, 0) is 36.3 Å². The molecule has 0 atom stereocenters. The van der Waals surface area contributed by atoms with E-state index in [1.165, 1.54) is 5.41 Å². The summed E-state index contributed by atoms with van der Waals surface area (Å²) >= 11 is 0. The molecule has 2 aromatic carbocycles. The lowest BCUT2D eigenvalue weighted by Gasteiger charge is -2.25. The third kappa shape index (κ3) is 3.06. The highest BCUT2D eigenvalue weighted by Gasteiger charge is 2.21. The third-order valence-electron chi connectivity index (χ3n) is 3.54. The van der Waals surface area contributed by atoms with Crippen molar-refractivity contribution in [1.82, 2.24) is 0 Å². The molecule has 22 heavy (non-hydrogen) atoms. The molecule has 3 N–H and O–H groups in total. The maximum atomic E-state index is 12.1. The number of rotatable bonds is 3. The van der Waals surface area contributed by atoms with Gasteiger partial charge in [0.2, 0.25) is 5.91 Å². The van der Waals surface area contributed by atoms with Crippen molar-refractivity contribution in [2.45, 2.75) is 18.2 Å². The fourth-order valence-corrected chi connectivity index (χ4v) is 3.61. The number of hydrogen-bond acceptors (Lipinski definition) is 3. The van der Waals surface area contributed by atoms with E-state index in [0.717, 1.165) is 16.7 Å². The van der Waals surface area contributed by atoms with Gasteiger partial charge in [0, 0.05) is 11.1 Å². The highest BCUT2D eigenvalue weighted by molar-refractivity contribution is 8.27. The fraction of sp³-hybridized carbons (Fsp3) is 0.118. The van der Waals surface area contributed by atoms with E-state index in [0.29, 0.717) is 10.6 Å². The SMILES string of the molecule is Cc1ccc(CC(=O)Nc2ccc3c(c2)S(O)(O)C=C3)cc1. The molecule has 2 aromatic rings. The Morgan fingerprint density at radius 1 is 1.14 bits per heavy atom. The molecule has 4 nitrogen and oxygen atoms in total. The monoisotopic (exact) mass is 315 g/mol. The van der Waals surface area contributed by atoms with Crippen molar-refractivity contribution >= 4 is 28.3 Å². The van der Waals surface area contributed by atoms with Crippen LogP contribution in [0.25, 0.3) is 6.08 Å². The number of carbonyl (C=O) groups is 1. The quantitative estimate of drug-likeness (QED) is 0.792. The van der Waals surface area contributed by atoms with Gasteiger partial charge in [0.15, 0.2) is 0 Å². The van der Waals surface area contributed by atoms with Crippen molar-refractivity contribution in [1.29, 1.82) is 0 Å². The Morgan fingerprint density at radius 3 is 2.59 bits per heavy atom. The smallest absolute Gasteiger partial charge is 0.228 e. The van der Waals surface area contributed by atoms with Crippen molar-refractivity contribution < 1.29 is 13.9 Å². The largest absolute Gasteiger partial charge is 0.326 e. The first kappa shape index (κ1) is 14.8. The standard InChI is InChI=1S/C17H17NO3S/c1-12-2-4-13(5-3-12)10-17(19)18-15-7-6-14-8-9-22(20,21)16(14)11-15/h2-9,11,20-21H,10H2,1H3,(H,18,19). The molecule has 1 aliphatic heterocycles. The van der Waals surface area contributed by atoms with Crippen molar-refractivity contribution in [3.63, 3.8) is 0 Å². The van der Waals surface area contributed by atoms with E-state index in [2.05, 4.69) is 5.32 Å². The molecular formula is C17H17NO3S. The summed E-state index contributed by atoms with van der Waals surface area (Å²) in [6.07, 6.45) is 1.97. The molecule has 0 aromatic heterocycles. The van der Waals surface area contributed by atoms with E-state index < -0.39 is 10.6 Å². The van der Waals surface area contributed by atoms with E-state index in [-0.39, 0.29) is 12.3 Å². The minimum Gasteiger partial charge on any atom is -0.326 e. The summed E-state index contributed by atoms with van der Waals surface area (Å²) in [4.78, 5) is 12.5. The number of amides is 1. The fourth-order valence-electron chi connectivity index (χ4n) is 2.35. The predicted molar refractivity (Wildman–Crippen MR) is 90.1 cm³/mol. The molecule has 114 valence electrons. The summed E-state index contributed by atoms with van der Waals surface area (Å²) in [5, 5.41) is 4.20. The van der Waals surface area contributed by atoms with E-state index in [4.69, 9.17) is 0 Å². The summed E-state index contributed by atoms with van der Waals surface area (Å²) in [6, 6.07) is 13.0. The van der Waals surface area contributed by atoms with Crippen LogP contribution in [0.1, 0.15) is 16.7 Å². The van der Waals surface area contributed by atoms with Crippen LogP contribution in [0, 0.1) is 6.92 Å². The van der Waals surface area contributed by atoms with Crippen LogP contribution in [0.2, 0.25) is 0 Å². The predicted octanol–water partition coefficient (Wildman–Crippen LogP) is 4.27. The molecule has 1 heterocycles. The van der Waals surface area contributed by atoms with Gasteiger partial charge in [-0.15, -0.1) is 10.6 Å². The molecule has 0 spiro atoms. The molecule has 0 aliphatic carbocycles. The Labute approximate surface area is 130 Å². The van der Waals surface area contributed by atoms with E-state index in [1.54, 1.807) is 24.3 Å². The Morgan fingerprint density at radius 2 is 1.86 bits per heavy atom. The number of fused-ring (bicyclic) bond motifs is 1. The van der Waals surface area contributed by atoms with Crippen LogP contribution >= 0.6 is 10.6 Å². The second-order valence-electron chi connectivity index (χ2n) is 5.36. The second-order valence-corrected chi connectivity index (χ2v) is 7.26. The molecule has 0 unspecified atom stereocenters. The van der Waals surface area contributed by atoms with E-state index >= 15 is 0 Å². The highest BCUT2D eigenvalue weighted by atomic mass is 32.3. The zero-order chi connectivity index (χ0) is 15.7. The molecule has 0 radical (unpaired) electrons. The van der Waals surface area contributed by atoms with Crippen molar-refractivity contribution in [3.05, 3.63) is 64.6 Å². The lowest BCUT2D eigenvalue weighted by molar-refractivity contribution is -0.115. The minimum absolute atomic E-state index is 0.133. The van der Waals surface area contributed by atoms with Gasteiger partial charge in [-0.2, -0.15) is 0 Å². The average molecular weight is 315 g/mol. The van der Waals surface area contributed by atoms with Gasteiger partial charge < -0.3 is 5.32 Å². The summed E-state index contributed by atoms with van der Waals surface area (Å²) in [6.45, 7) is 2.00. The van der Waals surface area contributed by atoms with Gasteiger partial charge in [0.25, 0.3) is 0 Å². The number of hydrogen-bond donors (Lipinski definition) is 3. The van der Waals surface area contributed by atoms with Crippen molar-refractivity contribution in [2.24, 2.45) is 0 Å². The van der Waals surface area contributed by atoms with Crippen LogP contribution in [0.3, 0.4) is 0 Å². The Balaban J connectivity index is 1.71. The average Bonchev–Trinajstić information content (AvgIpc) is 2.77. The van der Waals surface area contributed by atoms with Gasteiger partial charge in [-0.25, -0.2) is 0 Å². The lowest BCUT2D eigenvalue weighted by Crippen LogP contribution is -2.14. The molecule has 1 aliphatic rings. The number of carbonyl (C=O) groups excluding carboxylic acids is 1.